The van der Waals surface area contributed by atoms with E-state index in [0.29, 0.717) is 22.6 Å². The van der Waals surface area contributed by atoms with Crippen molar-refractivity contribution < 1.29 is 9.52 Å². The first-order valence-electron chi connectivity index (χ1n) is 8.82. The molecule has 9 nitrogen and oxygen atoms in total. The molecule has 0 aliphatic heterocycles. The van der Waals surface area contributed by atoms with Gasteiger partial charge in [0, 0.05) is 35.2 Å². The van der Waals surface area contributed by atoms with Crippen LogP contribution in [-0.2, 0) is 0 Å². The third kappa shape index (κ3) is 7.60. The minimum atomic E-state index is -0.604. The van der Waals surface area contributed by atoms with E-state index in [4.69, 9.17) is 27.6 Å². The number of hydrazine groups is 2. The first-order valence-corrected chi connectivity index (χ1v) is 8.82. The molecule has 0 aliphatic carbocycles. The zero-order valence-corrected chi connectivity index (χ0v) is 17.1. The van der Waals surface area contributed by atoms with Crippen molar-refractivity contribution in [2.24, 2.45) is 29.1 Å². The Bertz CT molecular complexity index is 854. The van der Waals surface area contributed by atoms with Crippen LogP contribution in [0, 0.1) is 5.92 Å². The van der Waals surface area contributed by atoms with Crippen LogP contribution in [0.15, 0.2) is 57.3 Å². The minimum Gasteiger partial charge on any atom is -0.508 e. The zero-order chi connectivity index (χ0) is 21.9. The number of aromatic hydroxyl groups is 1. The fourth-order valence-corrected chi connectivity index (χ4v) is 1.97. The van der Waals surface area contributed by atoms with Crippen LogP contribution in [0.3, 0.4) is 0 Å². The maximum absolute atomic E-state index is 11.7. The quantitative estimate of drug-likeness (QED) is 0.258. The predicted molar refractivity (Wildman–Crippen MR) is 115 cm³/mol. The van der Waals surface area contributed by atoms with E-state index in [2.05, 4.69) is 5.43 Å². The molecule has 0 spiro atoms. The Labute approximate surface area is 165 Å². The Balaban J connectivity index is 0.000000618. The number of phenols is 1. The van der Waals surface area contributed by atoms with Gasteiger partial charge in [0.15, 0.2) is 0 Å². The lowest BCUT2D eigenvalue weighted by molar-refractivity contribution is 0.473. The predicted octanol–water partition coefficient (Wildman–Crippen LogP) is 1.93. The Hall–Kier alpha value is -3.17. The molecule has 0 fully saturated rings. The van der Waals surface area contributed by atoms with Crippen molar-refractivity contribution in [3.05, 3.63) is 58.5 Å². The van der Waals surface area contributed by atoms with Crippen molar-refractivity contribution in [1.29, 1.82) is 0 Å². The molecule has 0 aliphatic rings. The number of nitrogens with two attached hydrogens (primary N) is 4. The van der Waals surface area contributed by atoms with Gasteiger partial charge in [-0.3, -0.25) is 10.9 Å². The van der Waals surface area contributed by atoms with Crippen LogP contribution in [0.4, 0.5) is 5.69 Å². The summed E-state index contributed by atoms with van der Waals surface area (Å²) in [6.45, 7) is 9.68. The van der Waals surface area contributed by atoms with Crippen molar-refractivity contribution in [3.8, 4) is 5.75 Å². The topological polar surface area (TPSA) is 170 Å². The summed E-state index contributed by atoms with van der Waals surface area (Å²) in [5.74, 6) is 11.2. The Morgan fingerprint density at radius 3 is 2.32 bits per heavy atom. The summed E-state index contributed by atoms with van der Waals surface area (Å²) in [5, 5.41) is 11.1. The molecule has 1 heterocycles. The number of benzene rings is 1. The van der Waals surface area contributed by atoms with E-state index >= 15 is 0 Å². The van der Waals surface area contributed by atoms with Crippen molar-refractivity contribution in [2.75, 3.05) is 5.01 Å². The van der Waals surface area contributed by atoms with Crippen LogP contribution in [-0.4, -0.2) is 5.11 Å². The van der Waals surface area contributed by atoms with Gasteiger partial charge in [-0.1, -0.05) is 27.7 Å². The fourth-order valence-electron chi connectivity index (χ4n) is 1.97. The number of nitrogens with zero attached hydrogens (tertiary/aromatic N) is 1. The van der Waals surface area contributed by atoms with Crippen molar-refractivity contribution in [1.82, 2.24) is 5.43 Å². The molecule has 1 aromatic carbocycles. The summed E-state index contributed by atoms with van der Waals surface area (Å²) in [5.41, 5.74) is 14.3. The first kappa shape index (κ1) is 24.8. The molecule has 156 valence electrons. The first-order chi connectivity index (χ1) is 13.2. The smallest absolute Gasteiger partial charge is 0.361 e. The molecule has 28 heavy (non-hydrogen) atoms. The Morgan fingerprint density at radius 2 is 1.89 bits per heavy atom. The molecule has 0 radical (unpaired) electrons. The third-order valence-corrected chi connectivity index (χ3v) is 3.29. The van der Waals surface area contributed by atoms with E-state index in [1.807, 2.05) is 27.7 Å². The highest BCUT2D eigenvalue weighted by molar-refractivity contribution is 5.81. The van der Waals surface area contributed by atoms with E-state index in [1.54, 1.807) is 19.1 Å². The third-order valence-electron chi connectivity index (χ3n) is 3.29. The number of hydrogen-bond donors (Lipinski definition) is 6. The van der Waals surface area contributed by atoms with Gasteiger partial charge in [-0.05, 0) is 31.0 Å². The van der Waals surface area contributed by atoms with E-state index in [1.165, 1.54) is 24.5 Å². The van der Waals surface area contributed by atoms with E-state index in [-0.39, 0.29) is 11.4 Å². The van der Waals surface area contributed by atoms with E-state index < -0.39 is 5.63 Å². The molecule has 0 bridgehead atoms. The number of allylic oxidation sites excluding steroid dienone is 2. The van der Waals surface area contributed by atoms with Crippen LogP contribution < -0.4 is 39.2 Å². The van der Waals surface area contributed by atoms with Gasteiger partial charge in [-0.25, -0.2) is 10.6 Å². The van der Waals surface area contributed by atoms with Gasteiger partial charge in [0.05, 0.1) is 0 Å². The summed E-state index contributed by atoms with van der Waals surface area (Å²) >= 11 is 0. The van der Waals surface area contributed by atoms with Gasteiger partial charge in [0.1, 0.15) is 17.0 Å². The van der Waals surface area contributed by atoms with Crippen molar-refractivity contribution in [2.45, 2.75) is 34.6 Å². The summed E-state index contributed by atoms with van der Waals surface area (Å²) in [7, 11) is 0. The molecule has 0 saturated heterocycles. The van der Waals surface area contributed by atoms with Gasteiger partial charge in [-0.15, -0.1) is 0 Å². The molecular weight excluding hydrogens is 360 g/mol. The summed E-state index contributed by atoms with van der Waals surface area (Å²) in [4.78, 5) is 11.7. The Morgan fingerprint density at radius 1 is 1.29 bits per heavy atom. The van der Waals surface area contributed by atoms with Crippen molar-refractivity contribution in [3.63, 3.8) is 0 Å². The van der Waals surface area contributed by atoms with Crippen LogP contribution >= 0.6 is 0 Å². The van der Waals surface area contributed by atoms with Crippen LogP contribution in [0.2, 0.25) is 0 Å². The number of nitrogens with one attached hydrogen (secondary N) is 1. The van der Waals surface area contributed by atoms with Crippen LogP contribution in [0.25, 0.3) is 11.0 Å². The SMILES string of the molecule is C/C(N)=C/N(N)c1cc2ccc(O)cc2oc1=O.CC.CC(C)/C(=C/N)NN. The van der Waals surface area contributed by atoms with Gasteiger partial charge in [0.25, 0.3) is 0 Å². The van der Waals surface area contributed by atoms with Gasteiger partial charge < -0.3 is 26.4 Å². The van der Waals surface area contributed by atoms with E-state index in [0.717, 1.165) is 10.7 Å². The second kappa shape index (κ2) is 12.3. The lowest BCUT2D eigenvalue weighted by Crippen LogP contribution is -2.30. The number of phenolic OH excluding ortho intramolecular Hbond substituents is 1. The van der Waals surface area contributed by atoms with Gasteiger partial charge in [-0.2, -0.15) is 0 Å². The monoisotopic (exact) mass is 392 g/mol. The largest absolute Gasteiger partial charge is 0.508 e. The number of rotatable bonds is 4. The molecule has 10 N–H and O–H groups in total. The highest BCUT2D eigenvalue weighted by Crippen LogP contribution is 2.21. The summed E-state index contributed by atoms with van der Waals surface area (Å²) in [6, 6.07) is 6.06. The second-order valence-electron chi connectivity index (χ2n) is 5.84. The van der Waals surface area contributed by atoms with Gasteiger partial charge in [0.2, 0.25) is 0 Å². The van der Waals surface area contributed by atoms with Gasteiger partial charge >= 0.3 is 5.63 Å². The highest BCUT2D eigenvalue weighted by atomic mass is 16.4. The zero-order valence-electron chi connectivity index (χ0n) is 17.1. The molecule has 2 rings (SSSR count). The molecule has 2 aromatic rings. The molecule has 9 heteroatoms. The summed E-state index contributed by atoms with van der Waals surface area (Å²) < 4.78 is 5.07. The average Bonchev–Trinajstić information content (AvgIpc) is 2.63. The molecule has 0 amide bonds. The second-order valence-corrected chi connectivity index (χ2v) is 5.84. The highest BCUT2D eigenvalue weighted by Gasteiger charge is 2.09. The van der Waals surface area contributed by atoms with Crippen LogP contribution in [0.5, 0.6) is 5.75 Å². The average molecular weight is 393 g/mol. The van der Waals surface area contributed by atoms with Crippen molar-refractivity contribution >= 4 is 16.7 Å². The van der Waals surface area contributed by atoms with E-state index in [9.17, 15) is 9.90 Å². The standard InChI is InChI=1S/C12H13N3O3.C5H13N3.C2H6/c1-7(13)6-15(14)10-4-8-2-3-9(16)5-11(8)18-12(10)17;1-4(2)5(3-6)8-7;1-2/h2-6,16H,13-14H2,1H3;3-4,8H,6-7H2,1-2H3;1-2H3/b7-6-;5-3-;. The molecular formula is C19H32N6O3. The minimum absolute atomic E-state index is 0.0284. The molecule has 1 aromatic heterocycles. The normalized spacial score (nSPS) is 11.3. The molecule has 0 saturated carbocycles. The fraction of sp³-hybridized carbons (Fsp3) is 0.316. The lowest BCUT2D eigenvalue weighted by atomic mass is 10.2. The molecule has 0 atom stereocenters. The number of anilines is 1. The lowest BCUT2D eigenvalue weighted by Gasteiger charge is -2.13. The number of hydrogen-bond acceptors (Lipinski definition) is 9. The Kier molecular flexibility index (Phi) is 10.9. The summed E-state index contributed by atoms with van der Waals surface area (Å²) in [6.07, 6.45) is 2.89. The maximum Gasteiger partial charge on any atom is 0.361 e. The number of fused-ring (bicyclic) bond motifs is 1. The molecule has 0 unspecified atom stereocenters. The van der Waals surface area contributed by atoms with Crippen LogP contribution in [0.1, 0.15) is 34.6 Å². The maximum atomic E-state index is 11.7.